The van der Waals surface area contributed by atoms with Crippen molar-refractivity contribution in [2.24, 2.45) is 4.99 Å². The van der Waals surface area contributed by atoms with Gasteiger partial charge in [0.2, 0.25) is 0 Å². The van der Waals surface area contributed by atoms with E-state index in [1.165, 1.54) is 5.56 Å². The van der Waals surface area contributed by atoms with Crippen molar-refractivity contribution in [3.05, 3.63) is 65.7 Å². The summed E-state index contributed by atoms with van der Waals surface area (Å²) in [5.74, 6) is 0.183. The predicted molar refractivity (Wildman–Crippen MR) is 87.2 cm³/mol. The number of aromatic nitrogens is 1. The fourth-order valence-electron chi connectivity index (χ4n) is 2.46. The number of para-hydroxylation sites is 1. The Morgan fingerprint density at radius 2 is 1.76 bits per heavy atom. The molecule has 0 amide bonds. The lowest BCUT2D eigenvalue weighted by Crippen LogP contribution is -1.89. The van der Waals surface area contributed by atoms with E-state index in [1.807, 2.05) is 30.3 Å². The number of aromatic amines is 1. The smallest absolute Gasteiger partial charge is 0.198 e. The van der Waals surface area contributed by atoms with Gasteiger partial charge in [-0.1, -0.05) is 48.5 Å². The highest BCUT2D eigenvalue weighted by molar-refractivity contribution is 6.01. The van der Waals surface area contributed by atoms with Gasteiger partial charge in [-0.05, 0) is 24.5 Å². The summed E-state index contributed by atoms with van der Waals surface area (Å²) in [6.45, 7) is 0.758. The Labute approximate surface area is 124 Å². The summed E-state index contributed by atoms with van der Waals surface area (Å²) in [6.07, 6.45) is 3.79. The molecule has 1 aromatic heterocycles. The van der Waals surface area contributed by atoms with Crippen molar-refractivity contribution in [1.82, 2.24) is 4.98 Å². The summed E-state index contributed by atoms with van der Waals surface area (Å²) in [5.41, 5.74) is 3.04. The van der Waals surface area contributed by atoms with Gasteiger partial charge in [-0.3, -0.25) is 4.99 Å². The molecule has 0 aliphatic carbocycles. The zero-order chi connectivity index (χ0) is 14.5. The number of rotatable bonds is 5. The molecule has 0 aliphatic heterocycles. The van der Waals surface area contributed by atoms with Gasteiger partial charge in [0.1, 0.15) is 0 Å². The van der Waals surface area contributed by atoms with Gasteiger partial charge < -0.3 is 10.1 Å². The first-order chi connectivity index (χ1) is 10.3. The van der Waals surface area contributed by atoms with Crippen LogP contribution in [0.15, 0.2) is 59.6 Å². The number of aryl methyl sites for hydroxylation is 1. The van der Waals surface area contributed by atoms with Gasteiger partial charge in [0.25, 0.3) is 0 Å². The summed E-state index contributed by atoms with van der Waals surface area (Å²) in [4.78, 5) is 7.39. The minimum atomic E-state index is 0.183. The average molecular weight is 278 g/mol. The van der Waals surface area contributed by atoms with Gasteiger partial charge in [0.15, 0.2) is 5.88 Å². The molecule has 0 spiro atoms. The van der Waals surface area contributed by atoms with Gasteiger partial charge in [0, 0.05) is 23.7 Å². The van der Waals surface area contributed by atoms with E-state index in [1.54, 1.807) is 6.21 Å². The van der Waals surface area contributed by atoms with Gasteiger partial charge >= 0.3 is 0 Å². The van der Waals surface area contributed by atoms with E-state index < -0.39 is 0 Å². The third kappa shape index (κ3) is 3.14. The van der Waals surface area contributed by atoms with Crippen LogP contribution < -0.4 is 0 Å². The lowest BCUT2D eigenvalue weighted by atomic mass is 10.1. The second-order valence-electron chi connectivity index (χ2n) is 5.06. The molecule has 2 aromatic carbocycles. The van der Waals surface area contributed by atoms with Crippen molar-refractivity contribution < 1.29 is 5.11 Å². The molecule has 3 nitrogen and oxygen atoms in total. The van der Waals surface area contributed by atoms with E-state index >= 15 is 0 Å². The topological polar surface area (TPSA) is 48.4 Å². The third-order valence-electron chi connectivity index (χ3n) is 3.54. The normalized spacial score (nSPS) is 11.4. The Balaban J connectivity index is 1.62. The number of aliphatic imine (C=N–C) groups is 1. The Morgan fingerprint density at radius 1 is 1.00 bits per heavy atom. The van der Waals surface area contributed by atoms with Crippen LogP contribution in [-0.2, 0) is 6.42 Å². The van der Waals surface area contributed by atoms with Crippen LogP contribution in [0.25, 0.3) is 10.9 Å². The molecule has 0 radical (unpaired) electrons. The van der Waals surface area contributed by atoms with Crippen LogP contribution in [0.3, 0.4) is 0 Å². The third-order valence-corrected chi connectivity index (χ3v) is 3.54. The first-order valence-corrected chi connectivity index (χ1v) is 7.18. The van der Waals surface area contributed by atoms with Crippen molar-refractivity contribution in [3.63, 3.8) is 0 Å². The van der Waals surface area contributed by atoms with E-state index in [2.05, 4.69) is 34.2 Å². The molecule has 0 unspecified atom stereocenters. The predicted octanol–water partition coefficient (Wildman–Crippen LogP) is 3.93. The van der Waals surface area contributed by atoms with Crippen LogP contribution >= 0.6 is 0 Å². The maximum absolute atomic E-state index is 9.92. The van der Waals surface area contributed by atoms with Gasteiger partial charge in [-0.25, -0.2) is 0 Å². The zero-order valence-corrected chi connectivity index (χ0v) is 11.8. The minimum Gasteiger partial charge on any atom is -0.494 e. The molecule has 2 N–H and O–H groups in total. The standard InChI is InChI=1S/C18H18N2O/c21-18-16(15-10-4-5-11-17(15)20-18)13-19-12-6-9-14-7-2-1-3-8-14/h1-5,7-8,10-11,13,20-21H,6,9,12H2. The summed E-state index contributed by atoms with van der Waals surface area (Å²) in [7, 11) is 0. The Hall–Kier alpha value is -2.55. The minimum absolute atomic E-state index is 0.183. The molecule has 0 bridgehead atoms. The van der Waals surface area contributed by atoms with Crippen molar-refractivity contribution in [2.45, 2.75) is 12.8 Å². The van der Waals surface area contributed by atoms with Crippen LogP contribution in [0.4, 0.5) is 0 Å². The number of nitrogens with zero attached hydrogens (tertiary/aromatic N) is 1. The molecular weight excluding hydrogens is 260 g/mol. The molecule has 0 saturated carbocycles. The number of hydrogen-bond acceptors (Lipinski definition) is 2. The largest absolute Gasteiger partial charge is 0.494 e. The molecule has 3 rings (SSSR count). The maximum Gasteiger partial charge on any atom is 0.198 e. The van der Waals surface area contributed by atoms with E-state index in [9.17, 15) is 5.11 Å². The van der Waals surface area contributed by atoms with Gasteiger partial charge in [-0.15, -0.1) is 0 Å². The second-order valence-corrected chi connectivity index (χ2v) is 5.06. The quantitative estimate of drug-likeness (QED) is 0.539. The van der Waals surface area contributed by atoms with Crippen LogP contribution in [0.5, 0.6) is 5.88 Å². The Bertz CT molecular complexity index is 744. The summed E-state index contributed by atoms with van der Waals surface area (Å²) >= 11 is 0. The monoisotopic (exact) mass is 278 g/mol. The van der Waals surface area contributed by atoms with Gasteiger partial charge in [0.05, 0.1) is 5.56 Å². The average Bonchev–Trinajstić information content (AvgIpc) is 2.84. The summed E-state index contributed by atoms with van der Waals surface area (Å²) < 4.78 is 0. The first kappa shape index (κ1) is 13.4. The van der Waals surface area contributed by atoms with E-state index in [-0.39, 0.29) is 5.88 Å². The van der Waals surface area contributed by atoms with E-state index in [0.717, 1.165) is 35.9 Å². The van der Waals surface area contributed by atoms with Crippen molar-refractivity contribution in [1.29, 1.82) is 0 Å². The number of nitrogens with one attached hydrogen (secondary N) is 1. The molecule has 0 aliphatic rings. The van der Waals surface area contributed by atoms with Crippen LogP contribution in [0.1, 0.15) is 17.5 Å². The molecule has 0 atom stereocenters. The van der Waals surface area contributed by atoms with Crippen LogP contribution in [0, 0.1) is 0 Å². The highest BCUT2D eigenvalue weighted by Gasteiger charge is 2.07. The van der Waals surface area contributed by atoms with Crippen LogP contribution in [-0.4, -0.2) is 22.8 Å². The molecule has 0 fully saturated rings. The first-order valence-electron chi connectivity index (χ1n) is 7.18. The molecular formula is C18H18N2O. The number of benzene rings is 2. The number of H-pyrrole nitrogens is 1. The zero-order valence-electron chi connectivity index (χ0n) is 11.8. The molecule has 106 valence electrons. The maximum atomic E-state index is 9.92. The molecule has 1 heterocycles. The highest BCUT2D eigenvalue weighted by Crippen LogP contribution is 2.25. The Kier molecular flexibility index (Phi) is 4.01. The van der Waals surface area contributed by atoms with Crippen molar-refractivity contribution in [3.8, 4) is 5.88 Å². The lowest BCUT2D eigenvalue weighted by Gasteiger charge is -1.98. The molecule has 0 saturated heterocycles. The lowest BCUT2D eigenvalue weighted by molar-refractivity contribution is 0.457. The highest BCUT2D eigenvalue weighted by atomic mass is 16.3. The number of hydrogen-bond donors (Lipinski definition) is 2. The SMILES string of the molecule is Oc1[nH]c2ccccc2c1C=NCCCc1ccccc1. The molecule has 21 heavy (non-hydrogen) atoms. The van der Waals surface area contributed by atoms with Crippen LogP contribution in [0.2, 0.25) is 0 Å². The fourth-order valence-corrected chi connectivity index (χ4v) is 2.46. The molecule has 3 aromatic rings. The number of fused-ring (bicyclic) bond motifs is 1. The Morgan fingerprint density at radius 3 is 2.62 bits per heavy atom. The van der Waals surface area contributed by atoms with Crippen molar-refractivity contribution >= 4 is 17.1 Å². The van der Waals surface area contributed by atoms with E-state index in [0.29, 0.717) is 0 Å². The summed E-state index contributed by atoms with van der Waals surface area (Å²) in [6, 6.07) is 18.2. The van der Waals surface area contributed by atoms with Gasteiger partial charge in [-0.2, -0.15) is 0 Å². The van der Waals surface area contributed by atoms with Crippen molar-refractivity contribution in [2.75, 3.05) is 6.54 Å². The summed E-state index contributed by atoms with van der Waals surface area (Å²) in [5, 5.41) is 10.9. The van der Waals surface area contributed by atoms with E-state index in [4.69, 9.17) is 0 Å². The number of aromatic hydroxyl groups is 1. The fraction of sp³-hybridized carbons (Fsp3) is 0.167. The second kappa shape index (κ2) is 6.27. The molecule has 3 heteroatoms.